The fourth-order valence-electron chi connectivity index (χ4n) is 1.16. The van der Waals surface area contributed by atoms with Gasteiger partial charge in [0.2, 0.25) is 0 Å². The number of hydrogen-bond acceptors (Lipinski definition) is 3. The first-order chi connectivity index (χ1) is 7.65. The minimum atomic E-state index is -0.253. The Labute approximate surface area is 92.5 Å². The van der Waals surface area contributed by atoms with Crippen molar-refractivity contribution in [2.24, 2.45) is 5.11 Å². The van der Waals surface area contributed by atoms with Crippen LogP contribution >= 0.6 is 0 Å². The number of benzene rings is 1. The first-order valence-electron chi connectivity index (χ1n) is 4.74. The Morgan fingerprint density at radius 1 is 1.62 bits per heavy atom. The van der Waals surface area contributed by atoms with Gasteiger partial charge >= 0.3 is 0 Å². The van der Waals surface area contributed by atoms with Crippen LogP contribution in [-0.4, -0.2) is 24.1 Å². The van der Waals surface area contributed by atoms with Crippen LogP contribution in [0.3, 0.4) is 0 Å². The van der Waals surface area contributed by atoms with Gasteiger partial charge in [0.25, 0.3) is 5.91 Å². The lowest BCUT2D eigenvalue weighted by molar-refractivity contribution is 0.0954. The number of rotatable bonds is 4. The largest absolute Gasteiger partial charge is 0.508 e. The van der Waals surface area contributed by atoms with Crippen LogP contribution in [0, 0.1) is 6.92 Å². The van der Waals surface area contributed by atoms with E-state index in [9.17, 15) is 9.90 Å². The number of amides is 1. The number of hydrogen-bond donors (Lipinski definition) is 2. The number of nitrogens with zero attached hydrogens (tertiary/aromatic N) is 3. The van der Waals surface area contributed by atoms with E-state index in [1.807, 2.05) is 0 Å². The summed E-state index contributed by atoms with van der Waals surface area (Å²) in [7, 11) is 0. The zero-order chi connectivity index (χ0) is 12.0. The van der Waals surface area contributed by atoms with Crippen molar-refractivity contribution in [3.05, 3.63) is 39.8 Å². The highest BCUT2D eigenvalue weighted by Gasteiger charge is 2.05. The molecule has 1 aromatic carbocycles. The van der Waals surface area contributed by atoms with E-state index in [1.54, 1.807) is 13.0 Å². The summed E-state index contributed by atoms with van der Waals surface area (Å²) in [6.07, 6.45) is 0. The summed E-state index contributed by atoms with van der Waals surface area (Å²) in [4.78, 5) is 14.1. The molecule has 0 saturated heterocycles. The molecule has 0 saturated carbocycles. The molecule has 0 atom stereocenters. The lowest BCUT2D eigenvalue weighted by Crippen LogP contribution is -2.25. The molecule has 0 spiro atoms. The van der Waals surface area contributed by atoms with E-state index >= 15 is 0 Å². The van der Waals surface area contributed by atoms with Gasteiger partial charge in [-0.1, -0.05) is 5.11 Å². The Morgan fingerprint density at radius 2 is 2.38 bits per heavy atom. The van der Waals surface area contributed by atoms with E-state index in [1.165, 1.54) is 12.1 Å². The van der Waals surface area contributed by atoms with Gasteiger partial charge in [-0.3, -0.25) is 4.79 Å². The maximum atomic E-state index is 11.5. The fraction of sp³-hybridized carbons (Fsp3) is 0.300. The number of aromatic hydroxyl groups is 1. The monoisotopic (exact) mass is 220 g/mol. The first kappa shape index (κ1) is 11.9. The molecule has 6 heteroatoms. The van der Waals surface area contributed by atoms with Crippen molar-refractivity contribution in [3.8, 4) is 5.75 Å². The summed E-state index contributed by atoms with van der Waals surface area (Å²) in [6.45, 7) is 2.23. The second kappa shape index (κ2) is 5.63. The highest BCUT2D eigenvalue weighted by molar-refractivity contribution is 5.94. The predicted molar refractivity (Wildman–Crippen MR) is 59.2 cm³/mol. The Bertz CT molecular complexity index is 438. The van der Waals surface area contributed by atoms with Gasteiger partial charge in [0.15, 0.2) is 0 Å². The topological polar surface area (TPSA) is 98.1 Å². The zero-order valence-corrected chi connectivity index (χ0v) is 8.84. The van der Waals surface area contributed by atoms with Crippen LogP contribution < -0.4 is 5.32 Å². The number of aryl methyl sites for hydroxylation is 1. The van der Waals surface area contributed by atoms with Crippen LogP contribution in [0.5, 0.6) is 5.75 Å². The van der Waals surface area contributed by atoms with Crippen molar-refractivity contribution in [3.63, 3.8) is 0 Å². The van der Waals surface area contributed by atoms with Crippen LogP contribution in [0.25, 0.3) is 10.4 Å². The number of nitrogens with one attached hydrogen (secondary N) is 1. The lowest BCUT2D eigenvalue weighted by atomic mass is 10.1. The molecule has 0 aliphatic heterocycles. The highest BCUT2D eigenvalue weighted by Crippen LogP contribution is 2.16. The zero-order valence-electron chi connectivity index (χ0n) is 8.84. The van der Waals surface area contributed by atoms with Crippen LogP contribution in [0.4, 0.5) is 0 Å². The summed E-state index contributed by atoms with van der Waals surface area (Å²) >= 11 is 0. The third-order valence-corrected chi connectivity index (χ3v) is 2.02. The minimum Gasteiger partial charge on any atom is -0.508 e. The molecule has 0 aliphatic carbocycles. The van der Waals surface area contributed by atoms with Gasteiger partial charge in [0.1, 0.15) is 5.75 Å². The van der Waals surface area contributed by atoms with Crippen LogP contribution in [0.15, 0.2) is 23.3 Å². The van der Waals surface area contributed by atoms with Crippen LogP contribution in [-0.2, 0) is 0 Å². The van der Waals surface area contributed by atoms with E-state index in [0.717, 1.165) is 0 Å². The van der Waals surface area contributed by atoms with Crippen molar-refractivity contribution in [2.45, 2.75) is 6.92 Å². The second-order valence-corrected chi connectivity index (χ2v) is 3.21. The molecular formula is C10H12N4O2. The molecule has 16 heavy (non-hydrogen) atoms. The molecule has 2 N–H and O–H groups in total. The molecule has 0 aromatic heterocycles. The Hall–Kier alpha value is -2.20. The molecule has 0 bridgehead atoms. The third-order valence-electron chi connectivity index (χ3n) is 2.02. The van der Waals surface area contributed by atoms with Crippen LogP contribution in [0.1, 0.15) is 15.9 Å². The van der Waals surface area contributed by atoms with Gasteiger partial charge in [-0.15, -0.1) is 0 Å². The smallest absolute Gasteiger partial charge is 0.251 e. The minimum absolute atomic E-state index is 0.158. The Morgan fingerprint density at radius 3 is 3.00 bits per heavy atom. The summed E-state index contributed by atoms with van der Waals surface area (Å²) in [5.41, 5.74) is 9.14. The lowest BCUT2D eigenvalue weighted by Gasteiger charge is -2.05. The average Bonchev–Trinajstić information content (AvgIpc) is 2.28. The third kappa shape index (κ3) is 3.18. The van der Waals surface area contributed by atoms with Crippen molar-refractivity contribution < 1.29 is 9.90 Å². The molecule has 1 rings (SSSR count). The van der Waals surface area contributed by atoms with Gasteiger partial charge < -0.3 is 10.4 Å². The van der Waals surface area contributed by atoms with Gasteiger partial charge in [0, 0.05) is 23.6 Å². The number of phenolic OH excluding ortho intramolecular Hbond substituents is 1. The summed E-state index contributed by atoms with van der Waals surface area (Å²) in [5.74, 6) is -0.0955. The van der Waals surface area contributed by atoms with Crippen molar-refractivity contribution in [1.29, 1.82) is 0 Å². The molecule has 6 nitrogen and oxygen atoms in total. The van der Waals surface area contributed by atoms with Gasteiger partial charge in [0.05, 0.1) is 0 Å². The fourth-order valence-corrected chi connectivity index (χ4v) is 1.16. The molecule has 84 valence electrons. The summed E-state index contributed by atoms with van der Waals surface area (Å²) in [6, 6.07) is 4.60. The first-order valence-corrected chi connectivity index (χ1v) is 4.74. The van der Waals surface area contributed by atoms with E-state index in [-0.39, 0.29) is 18.2 Å². The maximum absolute atomic E-state index is 11.5. The molecule has 1 amide bonds. The van der Waals surface area contributed by atoms with Crippen LogP contribution in [0.2, 0.25) is 0 Å². The molecule has 0 heterocycles. The molecule has 0 aliphatic rings. The van der Waals surface area contributed by atoms with E-state index < -0.39 is 0 Å². The van der Waals surface area contributed by atoms with Crippen molar-refractivity contribution in [2.75, 3.05) is 13.1 Å². The molecule has 0 fully saturated rings. The number of carbonyl (C=O) groups excluding carboxylic acids is 1. The normalized spacial score (nSPS) is 9.31. The average molecular weight is 220 g/mol. The Balaban J connectivity index is 2.59. The van der Waals surface area contributed by atoms with Crippen molar-refractivity contribution in [1.82, 2.24) is 5.32 Å². The second-order valence-electron chi connectivity index (χ2n) is 3.21. The highest BCUT2D eigenvalue weighted by atomic mass is 16.3. The van der Waals surface area contributed by atoms with Gasteiger partial charge in [-0.25, -0.2) is 0 Å². The summed E-state index contributed by atoms with van der Waals surface area (Å²) < 4.78 is 0. The maximum Gasteiger partial charge on any atom is 0.251 e. The van der Waals surface area contributed by atoms with Gasteiger partial charge in [-0.2, -0.15) is 0 Å². The summed E-state index contributed by atoms with van der Waals surface area (Å²) in [5, 5.41) is 15.2. The van der Waals surface area contributed by atoms with Crippen molar-refractivity contribution >= 4 is 5.91 Å². The number of phenols is 1. The molecule has 0 unspecified atom stereocenters. The van der Waals surface area contributed by atoms with E-state index in [0.29, 0.717) is 17.7 Å². The van der Waals surface area contributed by atoms with Gasteiger partial charge in [-0.05, 0) is 36.2 Å². The quantitative estimate of drug-likeness (QED) is 0.349. The Kier molecular flexibility index (Phi) is 4.17. The SMILES string of the molecule is Cc1cc(C(=O)NCCN=[N+]=[N-])ccc1O. The number of carbonyl (C=O) groups is 1. The molecule has 0 radical (unpaired) electrons. The number of azide groups is 1. The predicted octanol–water partition coefficient (Wildman–Crippen LogP) is 1.74. The molecular weight excluding hydrogens is 208 g/mol. The standard InChI is InChI=1S/C10H12N4O2/c1-7-6-8(2-3-9(7)15)10(16)12-4-5-13-14-11/h2-3,6,15H,4-5H2,1H3,(H,12,16). The van der Waals surface area contributed by atoms with E-state index in [2.05, 4.69) is 15.3 Å². The van der Waals surface area contributed by atoms with E-state index in [4.69, 9.17) is 5.53 Å². The molecule has 1 aromatic rings.